The Bertz CT molecular complexity index is 443. The van der Waals surface area contributed by atoms with Gasteiger partial charge in [-0.2, -0.15) is 0 Å². The molecule has 0 amide bonds. The van der Waals surface area contributed by atoms with Gasteiger partial charge in [0.25, 0.3) is 5.69 Å². The first-order valence-electron chi connectivity index (χ1n) is 5.50. The van der Waals surface area contributed by atoms with Crippen LogP contribution in [0.25, 0.3) is 0 Å². The van der Waals surface area contributed by atoms with Crippen LogP contribution in [0.1, 0.15) is 19.8 Å². The van der Waals surface area contributed by atoms with Gasteiger partial charge in [0.1, 0.15) is 11.5 Å². The number of hydrogen-bond donors (Lipinski definition) is 2. The zero-order valence-corrected chi connectivity index (χ0v) is 11.4. The number of nitro benzene ring substituents is 1. The number of aliphatic hydroxyl groups excluding tert-OH is 1. The number of rotatable bonds is 6. The Morgan fingerprint density at radius 1 is 1.61 bits per heavy atom. The number of hydrogen-bond acceptors (Lipinski definition) is 4. The highest BCUT2D eigenvalue weighted by Gasteiger charge is 2.19. The van der Waals surface area contributed by atoms with E-state index in [1.165, 1.54) is 0 Å². The van der Waals surface area contributed by atoms with E-state index >= 15 is 0 Å². The Kier molecular flexibility index (Phi) is 5.49. The zero-order valence-electron chi connectivity index (χ0n) is 9.82. The molecule has 5 nitrogen and oxygen atoms in total. The van der Waals surface area contributed by atoms with Crippen molar-refractivity contribution < 1.29 is 14.4 Å². The molecule has 0 saturated carbocycles. The predicted molar refractivity (Wildman–Crippen MR) is 70.2 cm³/mol. The minimum atomic E-state index is -0.571. The zero-order chi connectivity index (χ0) is 13.7. The number of nitrogens with zero attached hydrogens (tertiary/aromatic N) is 1. The summed E-state index contributed by atoms with van der Waals surface area (Å²) >= 11 is 2.92. The molecule has 0 spiro atoms. The lowest BCUT2D eigenvalue weighted by atomic mass is 10.1. The van der Waals surface area contributed by atoms with Crippen molar-refractivity contribution in [3.63, 3.8) is 0 Å². The third-order valence-electron chi connectivity index (χ3n) is 2.57. The number of nitro groups is 1. The molecule has 1 aromatic carbocycles. The van der Waals surface area contributed by atoms with E-state index in [-0.39, 0.29) is 28.5 Å². The predicted octanol–water partition coefficient (Wildman–Crippen LogP) is 3.07. The van der Waals surface area contributed by atoms with E-state index in [9.17, 15) is 14.5 Å². The molecule has 1 atom stereocenters. The molecule has 0 saturated heterocycles. The van der Waals surface area contributed by atoms with Crippen molar-refractivity contribution in [2.75, 3.05) is 11.9 Å². The van der Waals surface area contributed by atoms with E-state index in [0.717, 1.165) is 12.1 Å². The van der Waals surface area contributed by atoms with Gasteiger partial charge in [0.2, 0.25) is 0 Å². The fourth-order valence-corrected chi connectivity index (χ4v) is 1.89. The van der Waals surface area contributed by atoms with Crippen LogP contribution in [0.3, 0.4) is 0 Å². The maximum Gasteiger partial charge on any atom is 0.293 e. The molecule has 18 heavy (non-hydrogen) atoms. The van der Waals surface area contributed by atoms with Gasteiger partial charge in [-0.05, 0) is 28.8 Å². The van der Waals surface area contributed by atoms with Gasteiger partial charge in [-0.25, -0.2) is 4.39 Å². The first-order valence-corrected chi connectivity index (χ1v) is 6.29. The number of halogens is 2. The summed E-state index contributed by atoms with van der Waals surface area (Å²) < 4.78 is 13.5. The van der Waals surface area contributed by atoms with Crippen LogP contribution in [0, 0.1) is 15.9 Å². The van der Waals surface area contributed by atoms with Crippen LogP contribution in [-0.2, 0) is 0 Å². The minimum Gasteiger partial charge on any atom is -0.396 e. The summed E-state index contributed by atoms with van der Waals surface area (Å²) in [6.45, 7) is 1.85. The van der Waals surface area contributed by atoms with Crippen molar-refractivity contribution in [1.82, 2.24) is 0 Å². The van der Waals surface area contributed by atoms with Crippen LogP contribution in [0.5, 0.6) is 0 Å². The van der Waals surface area contributed by atoms with Crippen molar-refractivity contribution in [3.05, 3.63) is 32.5 Å². The molecule has 1 unspecified atom stereocenters. The molecule has 7 heteroatoms. The summed E-state index contributed by atoms with van der Waals surface area (Å²) in [5, 5.41) is 22.6. The molecule has 2 N–H and O–H groups in total. The van der Waals surface area contributed by atoms with Crippen molar-refractivity contribution in [2.45, 2.75) is 25.8 Å². The molecule has 0 aromatic heterocycles. The average molecular weight is 321 g/mol. The Labute approximate surface area is 112 Å². The van der Waals surface area contributed by atoms with E-state index in [2.05, 4.69) is 21.2 Å². The normalized spacial score (nSPS) is 12.2. The van der Waals surface area contributed by atoms with Crippen molar-refractivity contribution in [1.29, 1.82) is 0 Å². The molecule has 1 rings (SSSR count). The molecule has 0 aliphatic carbocycles. The van der Waals surface area contributed by atoms with E-state index in [1.54, 1.807) is 0 Å². The lowest BCUT2D eigenvalue weighted by molar-refractivity contribution is -0.384. The van der Waals surface area contributed by atoms with Gasteiger partial charge in [-0.15, -0.1) is 0 Å². The Balaban J connectivity index is 3.06. The molecule has 0 bridgehead atoms. The van der Waals surface area contributed by atoms with E-state index in [0.29, 0.717) is 12.8 Å². The quantitative estimate of drug-likeness (QED) is 0.624. The summed E-state index contributed by atoms with van der Waals surface area (Å²) in [4.78, 5) is 10.3. The lowest BCUT2D eigenvalue weighted by Gasteiger charge is -2.17. The Hall–Kier alpha value is -1.21. The maximum atomic E-state index is 13.4. The van der Waals surface area contributed by atoms with Crippen LogP contribution < -0.4 is 5.32 Å². The van der Waals surface area contributed by atoms with Crippen LogP contribution in [0.2, 0.25) is 0 Å². The second kappa shape index (κ2) is 6.65. The summed E-state index contributed by atoms with van der Waals surface area (Å²) in [6, 6.07) is 2.08. The molecule has 0 fully saturated rings. The standard InChI is InChI=1S/C11H14BrFN2O3/c1-2-7(3-4-16)14-10-6-9(13)8(12)5-11(10)15(17)18/h5-7,14,16H,2-4H2,1H3. The van der Waals surface area contributed by atoms with Gasteiger partial charge in [0.05, 0.1) is 9.40 Å². The Morgan fingerprint density at radius 3 is 2.78 bits per heavy atom. The second-order valence-corrected chi connectivity index (χ2v) is 4.66. The maximum absolute atomic E-state index is 13.4. The molecular weight excluding hydrogens is 307 g/mol. The van der Waals surface area contributed by atoms with Gasteiger partial charge in [-0.3, -0.25) is 10.1 Å². The van der Waals surface area contributed by atoms with Gasteiger partial charge < -0.3 is 10.4 Å². The van der Waals surface area contributed by atoms with Gasteiger partial charge in [0.15, 0.2) is 0 Å². The topological polar surface area (TPSA) is 75.4 Å². The number of nitrogens with one attached hydrogen (secondary N) is 1. The summed E-state index contributed by atoms with van der Waals surface area (Å²) in [6.07, 6.45) is 1.13. The third kappa shape index (κ3) is 3.64. The van der Waals surface area contributed by atoms with Gasteiger partial charge in [-0.1, -0.05) is 6.92 Å². The molecule has 100 valence electrons. The largest absolute Gasteiger partial charge is 0.396 e. The number of benzene rings is 1. The summed E-state index contributed by atoms with van der Waals surface area (Å²) in [7, 11) is 0. The van der Waals surface area contributed by atoms with Crippen LogP contribution in [0.4, 0.5) is 15.8 Å². The lowest BCUT2D eigenvalue weighted by Crippen LogP contribution is -2.20. The van der Waals surface area contributed by atoms with Crippen LogP contribution >= 0.6 is 15.9 Å². The number of aliphatic hydroxyl groups is 1. The van der Waals surface area contributed by atoms with E-state index in [4.69, 9.17) is 5.11 Å². The highest BCUT2D eigenvalue weighted by molar-refractivity contribution is 9.10. The highest BCUT2D eigenvalue weighted by Crippen LogP contribution is 2.31. The molecule has 0 aliphatic rings. The fourth-order valence-electron chi connectivity index (χ4n) is 1.56. The average Bonchev–Trinajstić information content (AvgIpc) is 2.32. The minimum absolute atomic E-state index is 0.0294. The summed E-state index contributed by atoms with van der Waals surface area (Å²) in [5.41, 5.74) is -0.0688. The second-order valence-electron chi connectivity index (χ2n) is 3.80. The van der Waals surface area contributed by atoms with E-state index < -0.39 is 10.7 Å². The molecule has 0 aliphatic heterocycles. The molecule has 0 radical (unpaired) electrons. The van der Waals surface area contributed by atoms with Crippen molar-refractivity contribution in [3.8, 4) is 0 Å². The Morgan fingerprint density at radius 2 is 2.28 bits per heavy atom. The van der Waals surface area contributed by atoms with Crippen LogP contribution in [0.15, 0.2) is 16.6 Å². The summed E-state index contributed by atoms with van der Waals surface area (Å²) in [5.74, 6) is -0.568. The van der Waals surface area contributed by atoms with Crippen LogP contribution in [-0.4, -0.2) is 22.7 Å². The fraction of sp³-hybridized carbons (Fsp3) is 0.455. The SMILES string of the molecule is CCC(CCO)Nc1cc(F)c(Br)cc1[N+](=O)[O-]. The molecule has 0 heterocycles. The first-order chi connectivity index (χ1) is 8.49. The number of anilines is 1. The van der Waals surface area contributed by atoms with Crippen molar-refractivity contribution >= 4 is 27.3 Å². The molecule has 1 aromatic rings. The van der Waals surface area contributed by atoms with E-state index in [1.807, 2.05) is 6.92 Å². The molecular formula is C11H14BrFN2O3. The third-order valence-corrected chi connectivity index (χ3v) is 3.17. The smallest absolute Gasteiger partial charge is 0.293 e. The van der Waals surface area contributed by atoms with Crippen molar-refractivity contribution in [2.24, 2.45) is 0 Å². The van der Waals surface area contributed by atoms with Gasteiger partial charge in [0, 0.05) is 24.8 Å². The highest BCUT2D eigenvalue weighted by atomic mass is 79.9. The van der Waals surface area contributed by atoms with Gasteiger partial charge >= 0.3 is 0 Å². The monoisotopic (exact) mass is 320 g/mol. The first kappa shape index (κ1) is 14.8.